The number of methoxy groups -OCH3 is 1. The third kappa shape index (κ3) is 3.74. The highest BCUT2D eigenvalue weighted by Crippen LogP contribution is 2.22. The first-order chi connectivity index (χ1) is 8.20. The van der Waals surface area contributed by atoms with Crippen LogP contribution in [0, 0.1) is 0 Å². The van der Waals surface area contributed by atoms with Crippen LogP contribution >= 0.6 is 39.9 Å². The summed E-state index contributed by atoms with van der Waals surface area (Å²) in [6.07, 6.45) is 0. The van der Waals surface area contributed by atoms with Crippen LogP contribution in [0.3, 0.4) is 0 Å². The topological polar surface area (TPSA) is 36.9 Å². The van der Waals surface area contributed by atoms with Crippen molar-refractivity contribution in [3.63, 3.8) is 0 Å². The second kappa shape index (κ2) is 7.18. The van der Waals surface area contributed by atoms with Gasteiger partial charge < -0.3 is 15.0 Å². The Hall–Kier alpha value is -0.500. The molecule has 1 aliphatic rings. The second-order valence-corrected chi connectivity index (χ2v) is 4.79. The van der Waals surface area contributed by atoms with Crippen LogP contribution < -0.4 is 10.1 Å². The van der Waals surface area contributed by atoms with Gasteiger partial charge in [-0.3, -0.25) is 4.99 Å². The van der Waals surface area contributed by atoms with E-state index in [2.05, 4.69) is 31.1 Å². The van der Waals surface area contributed by atoms with Crippen LogP contribution in [-0.4, -0.2) is 38.1 Å². The fourth-order valence-electron chi connectivity index (χ4n) is 1.71. The van der Waals surface area contributed by atoms with E-state index in [1.54, 1.807) is 7.11 Å². The van der Waals surface area contributed by atoms with Gasteiger partial charge in [-0.2, -0.15) is 0 Å². The Balaban J connectivity index is 0.00000162. The summed E-state index contributed by atoms with van der Waals surface area (Å²) in [6.45, 7) is 2.60. The minimum atomic E-state index is 0. The lowest BCUT2D eigenvalue weighted by atomic mass is 10.2. The molecule has 6 heteroatoms. The van der Waals surface area contributed by atoms with Gasteiger partial charge in [-0.05, 0) is 23.8 Å². The molecule has 0 aromatic heterocycles. The summed E-state index contributed by atoms with van der Waals surface area (Å²) in [6, 6.07) is 5.95. The Bertz CT molecular complexity index is 439. The number of ether oxygens (including phenoxy) is 1. The third-order valence-corrected chi connectivity index (χ3v) is 3.52. The van der Waals surface area contributed by atoms with Crippen molar-refractivity contribution in [2.75, 3.05) is 27.2 Å². The molecule has 0 aliphatic carbocycles. The van der Waals surface area contributed by atoms with Crippen LogP contribution in [0.5, 0.6) is 5.75 Å². The van der Waals surface area contributed by atoms with E-state index in [-0.39, 0.29) is 24.0 Å². The van der Waals surface area contributed by atoms with E-state index < -0.39 is 0 Å². The van der Waals surface area contributed by atoms with Gasteiger partial charge in [0, 0.05) is 24.6 Å². The largest absolute Gasteiger partial charge is 0.497 e. The molecule has 0 bridgehead atoms. The van der Waals surface area contributed by atoms with Crippen LogP contribution in [-0.2, 0) is 6.54 Å². The molecule has 0 radical (unpaired) electrons. The number of likely N-dealkylation sites (N-methyl/N-ethyl adjacent to an activating group) is 1. The number of aliphatic imine (C=N–C) groups is 1. The van der Waals surface area contributed by atoms with Gasteiger partial charge in [0.2, 0.25) is 0 Å². The molecule has 1 aromatic rings. The highest BCUT2D eigenvalue weighted by Gasteiger charge is 2.12. The van der Waals surface area contributed by atoms with Crippen molar-refractivity contribution in [3.05, 3.63) is 28.2 Å². The summed E-state index contributed by atoms with van der Waals surface area (Å²) in [5.41, 5.74) is 1.16. The van der Waals surface area contributed by atoms with Gasteiger partial charge in [0.25, 0.3) is 0 Å². The number of benzene rings is 1. The first kappa shape index (κ1) is 15.6. The summed E-state index contributed by atoms with van der Waals surface area (Å²) in [5, 5.41) is 3.33. The number of rotatable bonds is 3. The van der Waals surface area contributed by atoms with Crippen LogP contribution in [0.4, 0.5) is 0 Å². The van der Waals surface area contributed by atoms with E-state index in [9.17, 15) is 0 Å². The Kier molecular flexibility index (Phi) is 6.20. The summed E-state index contributed by atoms with van der Waals surface area (Å²) in [5.74, 6) is 1.83. The minimum Gasteiger partial charge on any atom is -0.497 e. The number of hydrogen-bond acceptors (Lipinski definition) is 4. The zero-order valence-electron chi connectivity index (χ0n) is 10.4. The predicted molar refractivity (Wildman–Crippen MR) is 87.9 cm³/mol. The fourth-order valence-corrected chi connectivity index (χ4v) is 2.10. The van der Waals surface area contributed by atoms with E-state index >= 15 is 0 Å². The molecule has 1 N–H and O–H groups in total. The van der Waals surface area contributed by atoms with Crippen molar-refractivity contribution < 1.29 is 4.74 Å². The summed E-state index contributed by atoms with van der Waals surface area (Å²) in [4.78, 5) is 6.51. The molecule has 0 fully saturated rings. The Morgan fingerprint density at radius 3 is 2.89 bits per heavy atom. The molecule has 1 heterocycles. The molecule has 0 unspecified atom stereocenters. The maximum absolute atomic E-state index is 5.21. The zero-order valence-corrected chi connectivity index (χ0v) is 14.4. The number of nitrogens with one attached hydrogen (secondary N) is 1. The highest BCUT2D eigenvalue weighted by atomic mass is 127. The molecule has 1 aromatic carbocycles. The predicted octanol–water partition coefficient (Wildman–Crippen LogP) is 2.47. The summed E-state index contributed by atoms with van der Waals surface area (Å²) in [7, 11) is 3.72. The van der Waals surface area contributed by atoms with Crippen LogP contribution in [0.25, 0.3) is 0 Å². The van der Waals surface area contributed by atoms with Crippen molar-refractivity contribution in [3.8, 4) is 5.75 Å². The Labute approximate surface area is 133 Å². The quantitative estimate of drug-likeness (QED) is 0.756. The minimum absolute atomic E-state index is 0. The first-order valence-corrected chi connectivity index (χ1v) is 6.32. The number of halogens is 2. The van der Waals surface area contributed by atoms with Crippen molar-refractivity contribution in [1.29, 1.82) is 0 Å². The van der Waals surface area contributed by atoms with E-state index in [1.807, 2.05) is 25.2 Å². The zero-order chi connectivity index (χ0) is 12.3. The van der Waals surface area contributed by atoms with E-state index in [4.69, 9.17) is 4.74 Å². The average molecular weight is 426 g/mol. The average Bonchev–Trinajstić information content (AvgIpc) is 2.74. The molecular formula is C12H17BrIN3O. The molecular weight excluding hydrogens is 409 g/mol. The molecule has 1 aliphatic heterocycles. The Morgan fingerprint density at radius 2 is 2.28 bits per heavy atom. The summed E-state index contributed by atoms with van der Waals surface area (Å²) >= 11 is 3.54. The molecule has 18 heavy (non-hydrogen) atoms. The van der Waals surface area contributed by atoms with Gasteiger partial charge in [-0.25, -0.2) is 0 Å². The van der Waals surface area contributed by atoms with Crippen LogP contribution in [0.15, 0.2) is 27.7 Å². The van der Waals surface area contributed by atoms with Crippen molar-refractivity contribution in [2.24, 2.45) is 4.99 Å². The summed E-state index contributed by atoms with van der Waals surface area (Å²) < 4.78 is 6.29. The van der Waals surface area contributed by atoms with Gasteiger partial charge in [0.05, 0.1) is 13.7 Å². The maximum Gasteiger partial charge on any atom is 0.194 e. The highest BCUT2D eigenvalue weighted by molar-refractivity contribution is 14.0. The molecule has 0 saturated carbocycles. The van der Waals surface area contributed by atoms with Gasteiger partial charge in [-0.1, -0.05) is 15.9 Å². The number of nitrogens with zero attached hydrogens (tertiary/aromatic N) is 2. The number of hydrogen-bond donors (Lipinski definition) is 1. The molecule has 2 rings (SSSR count). The normalized spacial score (nSPS) is 13.9. The van der Waals surface area contributed by atoms with Crippen molar-refractivity contribution in [1.82, 2.24) is 10.2 Å². The lowest BCUT2D eigenvalue weighted by Crippen LogP contribution is -2.35. The number of guanidine groups is 1. The lowest BCUT2D eigenvalue weighted by molar-refractivity contribution is 0.414. The molecule has 0 amide bonds. The second-order valence-electron chi connectivity index (χ2n) is 3.94. The van der Waals surface area contributed by atoms with Crippen LogP contribution in [0.2, 0.25) is 0 Å². The fraction of sp³-hybridized carbons (Fsp3) is 0.417. The molecule has 100 valence electrons. The smallest absolute Gasteiger partial charge is 0.194 e. The van der Waals surface area contributed by atoms with Crippen LogP contribution in [0.1, 0.15) is 5.56 Å². The SMILES string of the molecule is COc1ccc(Br)c(CNC2=NCCN2C)c1.I. The first-order valence-electron chi connectivity index (χ1n) is 5.52. The lowest BCUT2D eigenvalue weighted by Gasteiger charge is -2.16. The van der Waals surface area contributed by atoms with E-state index in [0.29, 0.717) is 0 Å². The maximum atomic E-state index is 5.21. The van der Waals surface area contributed by atoms with E-state index in [1.165, 1.54) is 0 Å². The standard InChI is InChI=1S/C12H16BrN3O.HI/c1-16-6-5-14-12(16)15-8-9-7-10(17-2)3-4-11(9)13;/h3-4,7H,5-6,8H2,1-2H3,(H,14,15);1H. The van der Waals surface area contributed by atoms with Crippen molar-refractivity contribution >= 4 is 45.9 Å². The van der Waals surface area contributed by atoms with E-state index in [0.717, 1.165) is 41.4 Å². The molecule has 0 spiro atoms. The van der Waals surface area contributed by atoms with Gasteiger partial charge in [0.15, 0.2) is 5.96 Å². The van der Waals surface area contributed by atoms with Gasteiger partial charge in [-0.15, -0.1) is 24.0 Å². The van der Waals surface area contributed by atoms with Crippen molar-refractivity contribution in [2.45, 2.75) is 6.54 Å². The van der Waals surface area contributed by atoms with Gasteiger partial charge in [0.1, 0.15) is 5.75 Å². The van der Waals surface area contributed by atoms with Gasteiger partial charge >= 0.3 is 0 Å². The Morgan fingerprint density at radius 1 is 1.50 bits per heavy atom. The molecule has 0 saturated heterocycles. The molecule has 0 atom stereocenters. The monoisotopic (exact) mass is 425 g/mol. The third-order valence-electron chi connectivity index (χ3n) is 2.75. The molecule has 4 nitrogen and oxygen atoms in total.